The van der Waals surface area contributed by atoms with Crippen LogP contribution in [0, 0.1) is 0 Å². The molecule has 1 aliphatic heterocycles. The van der Waals surface area contributed by atoms with Crippen molar-refractivity contribution in [2.75, 3.05) is 18.8 Å². The number of carbonyl (C=O) groups is 1. The molecule has 0 bridgehead atoms. The Morgan fingerprint density at radius 1 is 1.18 bits per heavy atom. The number of amides is 1. The highest BCUT2D eigenvalue weighted by atomic mass is 35.5. The van der Waals surface area contributed by atoms with E-state index in [4.69, 9.17) is 11.6 Å². The SMILES string of the molecule is O=C1N[C@H](CNCC(F)(F)F)CCS[C@@H]1c1cccc(-c2ccccc2Cl)c1. The molecule has 2 N–H and O–H groups in total. The fourth-order valence-corrected chi connectivity index (χ4v) is 4.57. The fraction of sp³-hybridized carbons (Fsp3) is 0.350. The van der Waals surface area contributed by atoms with E-state index in [1.54, 1.807) is 0 Å². The van der Waals surface area contributed by atoms with Crippen LogP contribution in [0.2, 0.25) is 5.02 Å². The molecule has 8 heteroatoms. The lowest BCUT2D eigenvalue weighted by Gasteiger charge is -2.19. The Hall–Kier alpha value is -1.70. The molecule has 28 heavy (non-hydrogen) atoms. The summed E-state index contributed by atoms with van der Waals surface area (Å²) in [5, 5.41) is 5.47. The summed E-state index contributed by atoms with van der Waals surface area (Å²) in [7, 11) is 0. The number of alkyl halides is 3. The van der Waals surface area contributed by atoms with Crippen LogP contribution >= 0.6 is 23.4 Å². The maximum Gasteiger partial charge on any atom is 0.401 e. The summed E-state index contributed by atoms with van der Waals surface area (Å²) in [6, 6.07) is 14.8. The number of hydrogen-bond donors (Lipinski definition) is 2. The number of thioether (sulfide) groups is 1. The molecule has 0 unspecified atom stereocenters. The first-order valence-corrected chi connectivity index (χ1v) is 10.3. The highest BCUT2D eigenvalue weighted by Gasteiger charge is 2.30. The molecule has 0 aromatic heterocycles. The molecule has 0 aliphatic carbocycles. The first-order valence-electron chi connectivity index (χ1n) is 8.88. The molecular weight excluding hydrogens is 409 g/mol. The van der Waals surface area contributed by atoms with Crippen molar-refractivity contribution in [3.05, 3.63) is 59.1 Å². The molecule has 0 saturated carbocycles. The maximum absolute atomic E-state index is 12.7. The van der Waals surface area contributed by atoms with Gasteiger partial charge in [0.05, 0.1) is 6.54 Å². The van der Waals surface area contributed by atoms with Crippen LogP contribution < -0.4 is 10.6 Å². The van der Waals surface area contributed by atoms with Gasteiger partial charge in [0.15, 0.2) is 0 Å². The lowest BCUT2D eigenvalue weighted by atomic mass is 10.0. The van der Waals surface area contributed by atoms with Crippen molar-refractivity contribution in [2.24, 2.45) is 0 Å². The molecule has 2 atom stereocenters. The van der Waals surface area contributed by atoms with E-state index in [1.165, 1.54) is 11.8 Å². The molecule has 2 aromatic rings. The number of halogens is 4. The van der Waals surface area contributed by atoms with E-state index in [0.29, 0.717) is 17.2 Å². The van der Waals surface area contributed by atoms with Gasteiger partial charge in [-0.2, -0.15) is 13.2 Å². The van der Waals surface area contributed by atoms with Gasteiger partial charge in [-0.1, -0.05) is 48.0 Å². The van der Waals surface area contributed by atoms with Crippen molar-refractivity contribution in [1.82, 2.24) is 10.6 Å². The van der Waals surface area contributed by atoms with Gasteiger partial charge in [0, 0.05) is 23.2 Å². The van der Waals surface area contributed by atoms with Gasteiger partial charge in [-0.15, -0.1) is 11.8 Å². The summed E-state index contributed by atoms with van der Waals surface area (Å²) in [6.07, 6.45) is -3.65. The summed E-state index contributed by atoms with van der Waals surface area (Å²) >= 11 is 7.78. The summed E-state index contributed by atoms with van der Waals surface area (Å²) in [5.74, 6) is 0.496. The van der Waals surface area contributed by atoms with Gasteiger partial charge in [0.1, 0.15) is 5.25 Å². The number of carbonyl (C=O) groups excluding carboxylic acids is 1. The number of hydrogen-bond acceptors (Lipinski definition) is 3. The van der Waals surface area contributed by atoms with Gasteiger partial charge in [-0.3, -0.25) is 4.79 Å². The van der Waals surface area contributed by atoms with Crippen LogP contribution in [0.4, 0.5) is 13.2 Å². The summed E-state index contributed by atoms with van der Waals surface area (Å²) in [4.78, 5) is 12.7. The zero-order chi connectivity index (χ0) is 20.1. The second-order valence-corrected chi connectivity index (χ2v) is 8.22. The van der Waals surface area contributed by atoms with E-state index in [0.717, 1.165) is 16.7 Å². The molecule has 1 aliphatic rings. The van der Waals surface area contributed by atoms with E-state index >= 15 is 0 Å². The normalized spacial score (nSPS) is 20.5. The summed E-state index contributed by atoms with van der Waals surface area (Å²) in [6.45, 7) is -0.964. The Bertz CT molecular complexity index is 831. The number of rotatable bonds is 5. The Labute approximate surface area is 171 Å². The van der Waals surface area contributed by atoms with Gasteiger partial charge < -0.3 is 10.6 Å². The third kappa shape index (κ3) is 5.65. The maximum atomic E-state index is 12.7. The van der Waals surface area contributed by atoms with Crippen LogP contribution in [-0.4, -0.2) is 37.0 Å². The molecule has 150 valence electrons. The van der Waals surface area contributed by atoms with Crippen molar-refractivity contribution >= 4 is 29.3 Å². The van der Waals surface area contributed by atoms with Crippen LogP contribution in [-0.2, 0) is 4.79 Å². The second-order valence-electron chi connectivity index (χ2n) is 6.60. The van der Waals surface area contributed by atoms with Gasteiger partial charge in [0.2, 0.25) is 5.91 Å². The van der Waals surface area contributed by atoms with Crippen molar-refractivity contribution in [2.45, 2.75) is 23.9 Å². The largest absolute Gasteiger partial charge is 0.401 e. The van der Waals surface area contributed by atoms with Crippen LogP contribution in [0.1, 0.15) is 17.2 Å². The molecule has 1 fully saturated rings. The van der Waals surface area contributed by atoms with Gasteiger partial charge in [-0.25, -0.2) is 0 Å². The Balaban J connectivity index is 1.70. The van der Waals surface area contributed by atoms with E-state index in [-0.39, 0.29) is 18.5 Å². The molecule has 1 saturated heterocycles. The molecule has 1 heterocycles. The fourth-order valence-electron chi connectivity index (χ4n) is 3.11. The molecular formula is C20H20ClF3N2OS. The smallest absolute Gasteiger partial charge is 0.351 e. The number of nitrogens with one attached hydrogen (secondary N) is 2. The van der Waals surface area contributed by atoms with E-state index in [2.05, 4.69) is 10.6 Å². The third-order valence-corrected chi connectivity index (χ3v) is 6.05. The van der Waals surface area contributed by atoms with E-state index in [1.807, 2.05) is 48.5 Å². The quantitative estimate of drug-likeness (QED) is 0.717. The average molecular weight is 429 g/mol. The molecule has 1 amide bonds. The average Bonchev–Trinajstić information content (AvgIpc) is 2.82. The molecule has 0 spiro atoms. The minimum atomic E-state index is -4.26. The monoisotopic (exact) mass is 428 g/mol. The van der Waals surface area contributed by atoms with E-state index < -0.39 is 18.0 Å². The van der Waals surface area contributed by atoms with Crippen LogP contribution in [0.15, 0.2) is 48.5 Å². The standard InChI is InChI=1S/C20H20ClF3N2OS/c21-17-7-2-1-6-16(17)13-4-3-5-14(10-13)18-19(27)26-15(8-9-28-18)11-25-12-20(22,23)24/h1-7,10,15,18,25H,8-9,11-12H2,(H,26,27)/t15-,18+/m0/s1. The van der Waals surface area contributed by atoms with Crippen molar-refractivity contribution in [3.8, 4) is 11.1 Å². The van der Waals surface area contributed by atoms with Crippen molar-refractivity contribution in [3.63, 3.8) is 0 Å². The highest BCUT2D eigenvalue weighted by molar-refractivity contribution is 8.00. The van der Waals surface area contributed by atoms with Crippen LogP contribution in [0.25, 0.3) is 11.1 Å². The summed E-state index contributed by atoms with van der Waals surface area (Å²) in [5.41, 5.74) is 2.66. The molecule has 0 radical (unpaired) electrons. The lowest BCUT2D eigenvalue weighted by molar-refractivity contribution is -0.125. The Morgan fingerprint density at radius 3 is 2.71 bits per heavy atom. The minimum absolute atomic E-state index is 0.0954. The first kappa shape index (κ1) is 21.0. The molecule has 3 rings (SSSR count). The topological polar surface area (TPSA) is 41.1 Å². The molecule has 2 aromatic carbocycles. The number of benzene rings is 2. The minimum Gasteiger partial charge on any atom is -0.351 e. The molecule has 3 nitrogen and oxygen atoms in total. The lowest BCUT2D eigenvalue weighted by Crippen LogP contribution is -2.44. The van der Waals surface area contributed by atoms with E-state index in [9.17, 15) is 18.0 Å². The van der Waals surface area contributed by atoms with Crippen molar-refractivity contribution in [1.29, 1.82) is 0 Å². The van der Waals surface area contributed by atoms with Crippen molar-refractivity contribution < 1.29 is 18.0 Å². The summed E-state index contributed by atoms with van der Waals surface area (Å²) < 4.78 is 36.9. The highest BCUT2D eigenvalue weighted by Crippen LogP contribution is 2.35. The second kappa shape index (κ2) is 9.20. The zero-order valence-electron chi connectivity index (χ0n) is 14.9. The van der Waals surface area contributed by atoms with Gasteiger partial charge in [-0.05, 0) is 35.4 Å². The van der Waals surface area contributed by atoms with Crippen LogP contribution in [0.3, 0.4) is 0 Å². The Morgan fingerprint density at radius 2 is 1.96 bits per heavy atom. The Kier molecular flexibility index (Phi) is 6.91. The predicted octanol–water partition coefficient (Wildman–Crippen LogP) is 4.82. The third-order valence-electron chi connectivity index (χ3n) is 4.43. The predicted molar refractivity (Wildman–Crippen MR) is 108 cm³/mol. The first-order chi connectivity index (χ1) is 13.3. The van der Waals surface area contributed by atoms with Gasteiger partial charge in [0.25, 0.3) is 0 Å². The zero-order valence-corrected chi connectivity index (χ0v) is 16.5. The van der Waals surface area contributed by atoms with Gasteiger partial charge >= 0.3 is 6.18 Å². The van der Waals surface area contributed by atoms with Crippen LogP contribution in [0.5, 0.6) is 0 Å².